The monoisotopic (exact) mass is 338 g/mol. The van der Waals surface area contributed by atoms with Crippen LogP contribution in [0.4, 0.5) is 5.69 Å². The van der Waals surface area contributed by atoms with Gasteiger partial charge in [0.1, 0.15) is 0 Å². The lowest BCUT2D eigenvalue weighted by Crippen LogP contribution is -2.29. The SMILES string of the molecule is CS(=O)(=O)NC(=O)c1ccccc1NCc1ccccc1Cl. The fourth-order valence-electron chi connectivity index (χ4n) is 1.89. The molecule has 7 heteroatoms. The predicted molar refractivity (Wildman–Crippen MR) is 87.5 cm³/mol. The smallest absolute Gasteiger partial charge is 0.266 e. The van der Waals surface area contributed by atoms with Crippen molar-refractivity contribution >= 4 is 33.2 Å². The molecule has 1 amide bonds. The number of hydrogen-bond donors (Lipinski definition) is 2. The van der Waals surface area contributed by atoms with Crippen LogP contribution in [0.3, 0.4) is 0 Å². The van der Waals surface area contributed by atoms with Crippen molar-refractivity contribution in [3.8, 4) is 0 Å². The molecule has 0 saturated carbocycles. The van der Waals surface area contributed by atoms with Gasteiger partial charge in [0.2, 0.25) is 10.0 Å². The fourth-order valence-corrected chi connectivity index (χ4v) is 2.54. The highest BCUT2D eigenvalue weighted by Gasteiger charge is 2.14. The number of carbonyl (C=O) groups excluding carboxylic acids is 1. The zero-order valence-corrected chi connectivity index (χ0v) is 13.4. The Hall–Kier alpha value is -2.05. The van der Waals surface area contributed by atoms with Crippen molar-refractivity contribution in [2.45, 2.75) is 6.54 Å². The van der Waals surface area contributed by atoms with Crippen LogP contribution >= 0.6 is 11.6 Å². The summed E-state index contributed by atoms with van der Waals surface area (Å²) in [5.74, 6) is -0.676. The first-order valence-corrected chi connectivity index (χ1v) is 8.72. The molecule has 0 aliphatic carbocycles. The maximum absolute atomic E-state index is 12.0. The lowest BCUT2D eigenvalue weighted by atomic mass is 10.1. The highest BCUT2D eigenvalue weighted by atomic mass is 35.5. The summed E-state index contributed by atoms with van der Waals surface area (Å²) in [7, 11) is -3.61. The molecule has 0 atom stereocenters. The third kappa shape index (κ3) is 4.47. The van der Waals surface area contributed by atoms with E-state index in [4.69, 9.17) is 11.6 Å². The number of nitrogens with one attached hydrogen (secondary N) is 2. The molecule has 0 bridgehead atoms. The molecule has 0 aliphatic rings. The Balaban J connectivity index is 2.19. The topological polar surface area (TPSA) is 75.3 Å². The van der Waals surface area contributed by atoms with Gasteiger partial charge in [0.15, 0.2) is 0 Å². The molecule has 2 aromatic carbocycles. The maximum atomic E-state index is 12.0. The molecule has 116 valence electrons. The van der Waals surface area contributed by atoms with Gasteiger partial charge in [0, 0.05) is 17.3 Å². The summed E-state index contributed by atoms with van der Waals surface area (Å²) >= 11 is 6.08. The van der Waals surface area contributed by atoms with Gasteiger partial charge in [0.05, 0.1) is 11.8 Å². The lowest BCUT2D eigenvalue weighted by molar-refractivity contribution is 0.0982. The van der Waals surface area contributed by atoms with Crippen LogP contribution in [0.25, 0.3) is 0 Å². The number of anilines is 1. The molecule has 2 N–H and O–H groups in total. The minimum Gasteiger partial charge on any atom is -0.380 e. The van der Waals surface area contributed by atoms with Crippen molar-refractivity contribution in [2.75, 3.05) is 11.6 Å². The van der Waals surface area contributed by atoms with Crippen LogP contribution in [-0.4, -0.2) is 20.6 Å². The van der Waals surface area contributed by atoms with E-state index in [1.54, 1.807) is 30.3 Å². The van der Waals surface area contributed by atoms with E-state index in [2.05, 4.69) is 5.32 Å². The highest BCUT2D eigenvalue weighted by molar-refractivity contribution is 7.89. The summed E-state index contributed by atoms with van der Waals surface area (Å²) in [5, 5.41) is 3.72. The Kier molecular flexibility index (Phi) is 5.05. The van der Waals surface area contributed by atoms with Crippen molar-refractivity contribution in [2.24, 2.45) is 0 Å². The largest absolute Gasteiger partial charge is 0.380 e. The molecule has 5 nitrogen and oxygen atoms in total. The Labute approximate surface area is 134 Å². The first-order valence-electron chi connectivity index (χ1n) is 6.45. The molecule has 22 heavy (non-hydrogen) atoms. The maximum Gasteiger partial charge on any atom is 0.266 e. The second kappa shape index (κ2) is 6.81. The van der Waals surface area contributed by atoms with Gasteiger partial charge in [-0.1, -0.05) is 41.9 Å². The van der Waals surface area contributed by atoms with Gasteiger partial charge >= 0.3 is 0 Å². The molecular formula is C15H15ClN2O3S. The van der Waals surface area contributed by atoms with E-state index >= 15 is 0 Å². The number of sulfonamides is 1. The second-order valence-electron chi connectivity index (χ2n) is 4.69. The molecule has 2 rings (SSSR count). The predicted octanol–water partition coefficient (Wildman–Crippen LogP) is 2.64. The van der Waals surface area contributed by atoms with E-state index in [-0.39, 0.29) is 5.56 Å². The van der Waals surface area contributed by atoms with Crippen LogP contribution < -0.4 is 10.0 Å². The van der Waals surface area contributed by atoms with Crippen molar-refractivity contribution in [1.82, 2.24) is 4.72 Å². The van der Waals surface area contributed by atoms with E-state index in [1.165, 1.54) is 0 Å². The fraction of sp³-hybridized carbons (Fsp3) is 0.133. The Morgan fingerprint density at radius 3 is 2.41 bits per heavy atom. The summed E-state index contributed by atoms with van der Waals surface area (Å²) in [4.78, 5) is 12.0. The standard InChI is InChI=1S/C15H15ClN2O3S/c1-22(20,21)18-15(19)12-7-3-5-9-14(12)17-10-11-6-2-4-8-13(11)16/h2-9,17H,10H2,1H3,(H,18,19). The van der Waals surface area contributed by atoms with E-state index in [0.717, 1.165) is 11.8 Å². The average molecular weight is 339 g/mol. The summed E-state index contributed by atoms with van der Waals surface area (Å²) in [5.41, 5.74) is 1.66. The normalized spacial score (nSPS) is 11.0. The number of halogens is 1. The molecule has 0 saturated heterocycles. The molecular weight excluding hydrogens is 324 g/mol. The minimum atomic E-state index is -3.61. The molecule has 0 fully saturated rings. The number of para-hydroxylation sites is 1. The Bertz CT molecular complexity index is 791. The number of hydrogen-bond acceptors (Lipinski definition) is 4. The first-order chi connectivity index (χ1) is 10.4. The Morgan fingerprint density at radius 1 is 1.09 bits per heavy atom. The number of amides is 1. The van der Waals surface area contributed by atoms with Gasteiger partial charge in [-0.2, -0.15) is 0 Å². The molecule has 0 aliphatic heterocycles. The molecule has 0 unspecified atom stereocenters. The lowest BCUT2D eigenvalue weighted by Gasteiger charge is -2.12. The number of benzene rings is 2. The van der Waals surface area contributed by atoms with Crippen LogP contribution in [0.2, 0.25) is 5.02 Å². The zero-order chi connectivity index (χ0) is 16.2. The molecule has 0 heterocycles. The van der Waals surface area contributed by atoms with Gasteiger partial charge in [0.25, 0.3) is 5.91 Å². The van der Waals surface area contributed by atoms with Crippen LogP contribution in [0.5, 0.6) is 0 Å². The van der Waals surface area contributed by atoms with Gasteiger partial charge in [-0.25, -0.2) is 13.1 Å². The summed E-state index contributed by atoms with van der Waals surface area (Å²) in [6.07, 6.45) is 0.935. The minimum absolute atomic E-state index is 0.250. The van der Waals surface area contributed by atoms with Crippen LogP contribution in [-0.2, 0) is 16.6 Å². The Morgan fingerprint density at radius 2 is 1.73 bits per heavy atom. The first kappa shape index (κ1) is 16.3. The van der Waals surface area contributed by atoms with Gasteiger partial charge in [-0.15, -0.1) is 0 Å². The second-order valence-corrected chi connectivity index (χ2v) is 6.85. The molecule has 2 aromatic rings. The van der Waals surface area contributed by atoms with Crippen molar-refractivity contribution in [3.05, 3.63) is 64.7 Å². The number of rotatable bonds is 5. The summed E-state index contributed by atoms with van der Waals surface area (Å²) in [6, 6.07) is 14.0. The van der Waals surface area contributed by atoms with Gasteiger partial charge in [-0.05, 0) is 23.8 Å². The quantitative estimate of drug-likeness (QED) is 0.878. The van der Waals surface area contributed by atoms with Gasteiger partial charge < -0.3 is 5.32 Å². The van der Waals surface area contributed by atoms with E-state index in [0.29, 0.717) is 17.3 Å². The van der Waals surface area contributed by atoms with Crippen LogP contribution in [0.1, 0.15) is 15.9 Å². The van der Waals surface area contributed by atoms with Crippen molar-refractivity contribution < 1.29 is 13.2 Å². The zero-order valence-electron chi connectivity index (χ0n) is 11.8. The summed E-state index contributed by atoms with van der Waals surface area (Å²) < 4.78 is 24.3. The van der Waals surface area contributed by atoms with E-state index < -0.39 is 15.9 Å². The third-order valence-electron chi connectivity index (χ3n) is 2.88. The van der Waals surface area contributed by atoms with Crippen molar-refractivity contribution in [3.63, 3.8) is 0 Å². The molecule has 0 aromatic heterocycles. The van der Waals surface area contributed by atoms with Crippen LogP contribution in [0.15, 0.2) is 48.5 Å². The van der Waals surface area contributed by atoms with Gasteiger partial charge in [-0.3, -0.25) is 4.79 Å². The third-order valence-corrected chi connectivity index (χ3v) is 3.80. The summed E-state index contributed by atoms with van der Waals surface area (Å²) in [6.45, 7) is 0.419. The average Bonchev–Trinajstić information content (AvgIpc) is 2.45. The van der Waals surface area contributed by atoms with Crippen molar-refractivity contribution in [1.29, 1.82) is 0 Å². The highest BCUT2D eigenvalue weighted by Crippen LogP contribution is 2.19. The van der Waals surface area contributed by atoms with E-state index in [1.807, 2.05) is 22.9 Å². The molecule has 0 spiro atoms. The number of carbonyl (C=O) groups is 1. The van der Waals surface area contributed by atoms with E-state index in [9.17, 15) is 13.2 Å². The van der Waals surface area contributed by atoms with Crippen LogP contribution in [0, 0.1) is 0 Å². The molecule has 0 radical (unpaired) electrons.